The van der Waals surface area contributed by atoms with Crippen LogP contribution in [0.15, 0.2) is 12.1 Å². The molecule has 1 unspecified atom stereocenters. The molecule has 88 valence electrons. The van der Waals surface area contributed by atoms with E-state index in [1.54, 1.807) is 6.92 Å². The highest BCUT2D eigenvalue weighted by Crippen LogP contribution is 2.26. The zero-order valence-corrected chi connectivity index (χ0v) is 8.41. The lowest BCUT2D eigenvalue weighted by Crippen LogP contribution is -2.13. The molecule has 0 saturated heterocycles. The molecule has 0 aliphatic rings. The van der Waals surface area contributed by atoms with Gasteiger partial charge in [0.05, 0.1) is 6.61 Å². The highest BCUT2D eigenvalue weighted by atomic mass is 19.2. The van der Waals surface area contributed by atoms with Gasteiger partial charge in [-0.1, -0.05) is 0 Å². The van der Waals surface area contributed by atoms with Gasteiger partial charge < -0.3 is 14.9 Å². The lowest BCUT2D eigenvalue weighted by molar-refractivity contribution is -0.147. The van der Waals surface area contributed by atoms with Crippen LogP contribution in [0.25, 0.3) is 0 Å². The maximum absolute atomic E-state index is 13.3. The largest absolute Gasteiger partial charge is 0.491 e. The van der Waals surface area contributed by atoms with Crippen LogP contribution in [-0.2, 0) is 4.79 Å². The number of ether oxygens (including phenoxy) is 1. The zero-order valence-electron chi connectivity index (χ0n) is 8.41. The van der Waals surface area contributed by atoms with Crippen molar-refractivity contribution in [1.82, 2.24) is 0 Å². The van der Waals surface area contributed by atoms with E-state index in [-0.39, 0.29) is 12.4 Å². The van der Waals surface area contributed by atoms with E-state index in [1.807, 2.05) is 0 Å². The second kappa shape index (κ2) is 4.89. The number of aliphatic hydroxyl groups is 1. The summed E-state index contributed by atoms with van der Waals surface area (Å²) in [5.41, 5.74) is -0.631. The molecule has 0 saturated carbocycles. The standard InChI is InChI=1S/C10H10F2O4/c1-2-16-6-4-3-5(7(11)8(6)12)9(13)10(14)15/h3-4,9,13H,2H2,1H3,(H,14,15). The van der Waals surface area contributed by atoms with Gasteiger partial charge in [-0.15, -0.1) is 0 Å². The number of halogens is 2. The van der Waals surface area contributed by atoms with Gasteiger partial charge in [0, 0.05) is 5.56 Å². The van der Waals surface area contributed by atoms with E-state index < -0.39 is 29.3 Å². The van der Waals surface area contributed by atoms with E-state index >= 15 is 0 Å². The maximum atomic E-state index is 13.3. The van der Waals surface area contributed by atoms with Crippen molar-refractivity contribution in [2.24, 2.45) is 0 Å². The van der Waals surface area contributed by atoms with Crippen LogP contribution in [0.3, 0.4) is 0 Å². The van der Waals surface area contributed by atoms with Crippen LogP contribution >= 0.6 is 0 Å². The summed E-state index contributed by atoms with van der Waals surface area (Å²) in [7, 11) is 0. The Hall–Kier alpha value is -1.69. The van der Waals surface area contributed by atoms with E-state index in [0.717, 1.165) is 12.1 Å². The lowest BCUT2D eigenvalue weighted by Gasteiger charge is -2.10. The number of carboxylic acid groups (broad SMARTS) is 1. The average Bonchev–Trinajstić information content (AvgIpc) is 2.24. The monoisotopic (exact) mass is 232 g/mol. The van der Waals surface area contributed by atoms with Crippen LogP contribution in [0, 0.1) is 11.6 Å². The predicted octanol–water partition coefficient (Wildman–Crippen LogP) is 1.48. The van der Waals surface area contributed by atoms with E-state index in [4.69, 9.17) is 14.9 Å². The molecule has 1 rings (SSSR count). The summed E-state index contributed by atoms with van der Waals surface area (Å²) < 4.78 is 31.4. The third-order valence-electron chi connectivity index (χ3n) is 1.91. The summed E-state index contributed by atoms with van der Waals surface area (Å²) >= 11 is 0. The van der Waals surface area contributed by atoms with Crippen LogP contribution in [0.2, 0.25) is 0 Å². The minimum absolute atomic E-state index is 0.150. The molecule has 0 aliphatic carbocycles. The van der Waals surface area contributed by atoms with Gasteiger partial charge in [-0.25, -0.2) is 9.18 Å². The smallest absolute Gasteiger partial charge is 0.337 e. The van der Waals surface area contributed by atoms with Crippen LogP contribution in [-0.4, -0.2) is 22.8 Å². The Labute approximate surface area is 90.1 Å². The normalized spacial score (nSPS) is 12.2. The number of hydrogen-bond acceptors (Lipinski definition) is 3. The van der Waals surface area contributed by atoms with Crippen LogP contribution in [0.1, 0.15) is 18.6 Å². The highest BCUT2D eigenvalue weighted by Gasteiger charge is 2.24. The summed E-state index contributed by atoms with van der Waals surface area (Å²) in [5.74, 6) is -4.69. The molecule has 0 spiro atoms. The second-order valence-corrected chi connectivity index (χ2v) is 2.95. The van der Waals surface area contributed by atoms with Crippen molar-refractivity contribution in [3.05, 3.63) is 29.3 Å². The first-order valence-corrected chi connectivity index (χ1v) is 4.50. The molecule has 0 aromatic heterocycles. The topological polar surface area (TPSA) is 66.8 Å². The molecular weight excluding hydrogens is 222 g/mol. The first-order chi connectivity index (χ1) is 7.49. The molecule has 0 radical (unpaired) electrons. The third kappa shape index (κ3) is 2.27. The van der Waals surface area contributed by atoms with Crippen LogP contribution in [0.5, 0.6) is 5.75 Å². The second-order valence-electron chi connectivity index (χ2n) is 2.95. The molecule has 0 aliphatic heterocycles. The zero-order chi connectivity index (χ0) is 12.3. The predicted molar refractivity (Wildman–Crippen MR) is 50.1 cm³/mol. The number of hydrogen-bond donors (Lipinski definition) is 2. The molecule has 1 aromatic carbocycles. The molecule has 0 heterocycles. The van der Waals surface area contributed by atoms with Crippen molar-refractivity contribution >= 4 is 5.97 Å². The number of rotatable bonds is 4. The van der Waals surface area contributed by atoms with Gasteiger partial charge in [0.15, 0.2) is 17.7 Å². The number of benzene rings is 1. The summed E-state index contributed by atoms with van der Waals surface area (Å²) in [6, 6.07) is 2.05. The average molecular weight is 232 g/mol. The summed E-state index contributed by atoms with van der Waals surface area (Å²) in [4.78, 5) is 10.4. The van der Waals surface area contributed by atoms with Gasteiger partial charge >= 0.3 is 5.97 Å². The molecule has 6 heteroatoms. The van der Waals surface area contributed by atoms with Gasteiger partial charge in [-0.3, -0.25) is 0 Å². The Bertz CT molecular complexity index is 406. The van der Waals surface area contributed by atoms with E-state index in [1.165, 1.54) is 0 Å². The minimum atomic E-state index is -2.09. The molecule has 0 fully saturated rings. The first-order valence-electron chi connectivity index (χ1n) is 4.50. The van der Waals surface area contributed by atoms with Crippen molar-refractivity contribution in [1.29, 1.82) is 0 Å². The third-order valence-corrected chi connectivity index (χ3v) is 1.91. The quantitative estimate of drug-likeness (QED) is 0.825. The molecule has 2 N–H and O–H groups in total. The molecule has 16 heavy (non-hydrogen) atoms. The van der Waals surface area contributed by atoms with Crippen LogP contribution in [0.4, 0.5) is 8.78 Å². The number of carboxylic acids is 1. The molecule has 1 aromatic rings. The van der Waals surface area contributed by atoms with Gasteiger partial charge in [0.2, 0.25) is 5.82 Å². The maximum Gasteiger partial charge on any atom is 0.337 e. The highest BCUT2D eigenvalue weighted by molar-refractivity contribution is 5.74. The Morgan fingerprint density at radius 3 is 2.56 bits per heavy atom. The molecule has 4 nitrogen and oxygen atoms in total. The SMILES string of the molecule is CCOc1ccc(C(O)C(=O)O)c(F)c1F. The minimum Gasteiger partial charge on any atom is -0.491 e. The van der Waals surface area contributed by atoms with Crippen molar-refractivity contribution in [3.63, 3.8) is 0 Å². The van der Waals surface area contributed by atoms with Gasteiger partial charge in [0.25, 0.3) is 0 Å². The Balaban J connectivity index is 3.16. The first kappa shape index (κ1) is 12.4. The fourth-order valence-electron chi connectivity index (χ4n) is 1.16. The van der Waals surface area contributed by atoms with Gasteiger partial charge in [0.1, 0.15) is 0 Å². The van der Waals surface area contributed by atoms with Crippen molar-refractivity contribution < 1.29 is 28.5 Å². The molecule has 0 amide bonds. The van der Waals surface area contributed by atoms with Crippen molar-refractivity contribution in [2.45, 2.75) is 13.0 Å². The Morgan fingerprint density at radius 1 is 1.44 bits per heavy atom. The fourth-order valence-corrected chi connectivity index (χ4v) is 1.16. The van der Waals surface area contributed by atoms with E-state index in [0.29, 0.717) is 0 Å². The van der Waals surface area contributed by atoms with E-state index in [9.17, 15) is 13.6 Å². The number of aliphatic carboxylic acids is 1. The Kier molecular flexibility index (Phi) is 3.78. The number of aliphatic hydroxyl groups excluding tert-OH is 1. The molecule has 0 bridgehead atoms. The van der Waals surface area contributed by atoms with Gasteiger partial charge in [-0.05, 0) is 19.1 Å². The number of carbonyl (C=O) groups is 1. The Morgan fingerprint density at radius 2 is 2.06 bits per heavy atom. The summed E-state index contributed by atoms with van der Waals surface area (Å²) in [6.45, 7) is 1.74. The fraction of sp³-hybridized carbons (Fsp3) is 0.300. The van der Waals surface area contributed by atoms with Crippen molar-refractivity contribution in [3.8, 4) is 5.75 Å². The lowest BCUT2D eigenvalue weighted by atomic mass is 10.1. The summed E-state index contributed by atoms with van der Waals surface area (Å²) in [5, 5.41) is 17.5. The van der Waals surface area contributed by atoms with Crippen molar-refractivity contribution in [2.75, 3.05) is 6.61 Å². The molecule has 1 atom stereocenters. The summed E-state index contributed by atoms with van der Waals surface area (Å²) in [6.07, 6.45) is -2.09. The van der Waals surface area contributed by atoms with E-state index in [2.05, 4.69) is 0 Å². The van der Waals surface area contributed by atoms with Gasteiger partial charge in [-0.2, -0.15) is 4.39 Å². The van der Waals surface area contributed by atoms with Crippen LogP contribution < -0.4 is 4.74 Å². The molecular formula is C10H10F2O4.